The van der Waals surface area contributed by atoms with Crippen LogP contribution in [0.4, 0.5) is 5.69 Å². The van der Waals surface area contributed by atoms with Crippen LogP contribution in [0.1, 0.15) is 30.6 Å². The molecule has 4 nitrogen and oxygen atoms in total. The molecule has 1 unspecified atom stereocenters. The molecular weight excluding hydrogens is 204 g/mol. The lowest BCUT2D eigenvalue weighted by atomic mass is 10.0. The van der Waals surface area contributed by atoms with Crippen molar-refractivity contribution in [2.24, 2.45) is 5.73 Å². The van der Waals surface area contributed by atoms with Gasteiger partial charge in [-0.3, -0.25) is 4.79 Å². The van der Waals surface area contributed by atoms with Gasteiger partial charge in [0.1, 0.15) is 0 Å². The third kappa shape index (κ3) is 3.55. The highest BCUT2D eigenvalue weighted by Gasteiger charge is 2.16. The summed E-state index contributed by atoms with van der Waals surface area (Å²) in [5.41, 5.74) is 5.75. The number of primary amides is 1. The number of anilines is 1. The van der Waals surface area contributed by atoms with E-state index < -0.39 is 11.5 Å². The first-order chi connectivity index (χ1) is 7.44. The average Bonchev–Trinajstić information content (AvgIpc) is 2.27. The van der Waals surface area contributed by atoms with Gasteiger partial charge < -0.3 is 16.2 Å². The van der Waals surface area contributed by atoms with Gasteiger partial charge >= 0.3 is 0 Å². The molecule has 0 radical (unpaired) electrons. The molecular formula is C12H18N2O2. The monoisotopic (exact) mass is 222 g/mol. The van der Waals surface area contributed by atoms with E-state index in [-0.39, 0.29) is 0 Å². The molecule has 1 rings (SSSR count). The SMILES string of the molecule is CCC(C)(O)CNc1ccc(C(N)=O)cc1. The van der Waals surface area contributed by atoms with Crippen LogP contribution in [0.5, 0.6) is 0 Å². The summed E-state index contributed by atoms with van der Waals surface area (Å²) in [6.45, 7) is 4.18. The van der Waals surface area contributed by atoms with E-state index >= 15 is 0 Å². The van der Waals surface area contributed by atoms with Crippen molar-refractivity contribution in [2.45, 2.75) is 25.9 Å². The Kier molecular flexibility index (Phi) is 3.90. The van der Waals surface area contributed by atoms with Gasteiger partial charge in [0.25, 0.3) is 0 Å². The molecule has 0 aliphatic heterocycles. The van der Waals surface area contributed by atoms with E-state index in [1.54, 1.807) is 31.2 Å². The van der Waals surface area contributed by atoms with Crippen LogP contribution in [0, 0.1) is 0 Å². The third-order valence-corrected chi connectivity index (χ3v) is 2.60. The normalized spacial score (nSPS) is 14.2. The van der Waals surface area contributed by atoms with E-state index in [1.165, 1.54) is 0 Å². The number of benzene rings is 1. The van der Waals surface area contributed by atoms with Crippen molar-refractivity contribution >= 4 is 11.6 Å². The van der Waals surface area contributed by atoms with E-state index in [0.717, 1.165) is 5.69 Å². The van der Waals surface area contributed by atoms with Gasteiger partial charge in [-0.1, -0.05) is 6.92 Å². The second kappa shape index (κ2) is 4.99. The lowest BCUT2D eigenvalue weighted by Gasteiger charge is -2.22. The highest BCUT2D eigenvalue weighted by molar-refractivity contribution is 5.93. The number of nitrogens with two attached hydrogens (primary N) is 1. The van der Waals surface area contributed by atoms with Crippen LogP contribution in [0.2, 0.25) is 0 Å². The summed E-state index contributed by atoms with van der Waals surface area (Å²) < 4.78 is 0. The van der Waals surface area contributed by atoms with Crippen molar-refractivity contribution in [2.75, 3.05) is 11.9 Å². The van der Waals surface area contributed by atoms with Gasteiger partial charge in [0, 0.05) is 17.8 Å². The minimum Gasteiger partial charge on any atom is -0.388 e. The number of amides is 1. The van der Waals surface area contributed by atoms with Crippen LogP contribution in [-0.2, 0) is 0 Å². The maximum atomic E-state index is 10.8. The molecule has 1 atom stereocenters. The maximum absolute atomic E-state index is 10.8. The van der Waals surface area contributed by atoms with E-state index in [4.69, 9.17) is 5.73 Å². The third-order valence-electron chi connectivity index (χ3n) is 2.60. The largest absolute Gasteiger partial charge is 0.388 e. The van der Waals surface area contributed by atoms with E-state index in [2.05, 4.69) is 5.32 Å². The van der Waals surface area contributed by atoms with Crippen molar-refractivity contribution in [1.29, 1.82) is 0 Å². The van der Waals surface area contributed by atoms with Crippen molar-refractivity contribution < 1.29 is 9.90 Å². The molecule has 1 aromatic carbocycles. The van der Waals surface area contributed by atoms with Crippen LogP contribution in [-0.4, -0.2) is 23.2 Å². The molecule has 1 amide bonds. The number of hydrogen-bond acceptors (Lipinski definition) is 3. The summed E-state index contributed by atoms with van der Waals surface area (Å²) in [6, 6.07) is 6.86. The smallest absolute Gasteiger partial charge is 0.248 e. The van der Waals surface area contributed by atoms with Crippen LogP contribution in [0.25, 0.3) is 0 Å². The quantitative estimate of drug-likeness (QED) is 0.704. The molecule has 0 bridgehead atoms. The molecule has 0 saturated heterocycles. The summed E-state index contributed by atoms with van der Waals surface area (Å²) in [5.74, 6) is -0.438. The fourth-order valence-corrected chi connectivity index (χ4v) is 1.17. The van der Waals surface area contributed by atoms with Crippen LogP contribution in [0.3, 0.4) is 0 Å². The molecule has 0 aliphatic rings. The Hall–Kier alpha value is -1.55. The first-order valence-corrected chi connectivity index (χ1v) is 5.31. The second-order valence-electron chi connectivity index (χ2n) is 4.15. The lowest BCUT2D eigenvalue weighted by Crippen LogP contribution is -2.32. The van der Waals surface area contributed by atoms with E-state index in [9.17, 15) is 9.90 Å². The van der Waals surface area contributed by atoms with Gasteiger partial charge in [-0.25, -0.2) is 0 Å². The van der Waals surface area contributed by atoms with E-state index in [1.807, 2.05) is 6.92 Å². The van der Waals surface area contributed by atoms with E-state index in [0.29, 0.717) is 18.5 Å². The Bertz CT molecular complexity index is 358. The summed E-state index contributed by atoms with van der Waals surface area (Å²) in [5, 5.41) is 12.9. The second-order valence-corrected chi connectivity index (χ2v) is 4.15. The Labute approximate surface area is 95.5 Å². The minimum absolute atomic E-state index is 0.438. The van der Waals surface area contributed by atoms with Crippen LogP contribution in [0.15, 0.2) is 24.3 Å². The Morgan fingerprint density at radius 2 is 2.00 bits per heavy atom. The maximum Gasteiger partial charge on any atom is 0.248 e. The first-order valence-electron chi connectivity index (χ1n) is 5.31. The fourth-order valence-electron chi connectivity index (χ4n) is 1.17. The molecule has 1 aromatic rings. The molecule has 4 N–H and O–H groups in total. The molecule has 16 heavy (non-hydrogen) atoms. The van der Waals surface area contributed by atoms with Crippen LogP contribution >= 0.6 is 0 Å². The highest BCUT2D eigenvalue weighted by atomic mass is 16.3. The van der Waals surface area contributed by atoms with Crippen molar-refractivity contribution in [3.05, 3.63) is 29.8 Å². The van der Waals surface area contributed by atoms with Gasteiger partial charge in [0.15, 0.2) is 0 Å². The lowest BCUT2D eigenvalue weighted by molar-refractivity contribution is 0.0697. The fraction of sp³-hybridized carbons (Fsp3) is 0.417. The number of nitrogens with one attached hydrogen (secondary N) is 1. The Morgan fingerprint density at radius 3 is 2.44 bits per heavy atom. The zero-order chi connectivity index (χ0) is 12.2. The average molecular weight is 222 g/mol. The molecule has 0 saturated carbocycles. The Balaban J connectivity index is 2.59. The summed E-state index contributed by atoms with van der Waals surface area (Å²) >= 11 is 0. The number of aliphatic hydroxyl groups is 1. The zero-order valence-electron chi connectivity index (χ0n) is 9.66. The summed E-state index contributed by atoms with van der Waals surface area (Å²) in [4.78, 5) is 10.8. The topological polar surface area (TPSA) is 75.3 Å². The number of carbonyl (C=O) groups excluding carboxylic acids is 1. The van der Waals surface area contributed by atoms with Gasteiger partial charge in [-0.15, -0.1) is 0 Å². The summed E-state index contributed by atoms with van der Waals surface area (Å²) in [7, 11) is 0. The molecule has 88 valence electrons. The molecule has 0 aromatic heterocycles. The number of carbonyl (C=O) groups is 1. The van der Waals surface area contributed by atoms with Gasteiger partial charge in [-0.2, -0.15) is 0 Å². The predicted octanol–water partition coefficient (Wildman–Crippen LogP) is 1.36. The first kappa shape index (κ1) is 12.5. The molecule has 4 heteroatoms. The molecule has 0 fully saturated rings. The van der Waals surface area contributed by atoms with Gasteiger partial charge in [0.2, 0.25) is 5.91 Å². The highest BCUT2D eigenvalue weighted by Crippen LogP contribution is 2.13. The summed E-state index contributed by atoms with van der Waals surface area (Å²) in [6.07, 6.45) is 0.680. The van der Waals surface area contributed by atoms with Crippen molar-refractivity contribution in [1.82, 2.24) is 0 Å². The molecule has 0 aliphatic carbocycles. The van der Waals surface area contributed by atoms with Crippen molar-refractivity contribution in [3.63, 3.8) is 0 Å². The minimum atomic E-state index is -0.720. The zero-order valence-corrected chi connectivity index (χ0v) is 9.66. The van der Waals surface area contributed by atoms with Gasteiger partial charge in [0.05, 0.1) is 5.60 Å². The number of hydrogen-bond donors (Lipinski definition) is 3. The number of rotatable bonds is 5. The molecule has 0 heterocycles. The predicted molar refractivity (Wildman–Crippen MR) is 64.4 cm³/mol. The van der Waals surface area contributed by atoms with Crippen molar-refractivity contribution in [3.8, 4) is 0 Å². The Morgan fingerprint density at radius 1 is 1.44 bits per heavy atom. The standard InChI is InChI=1S/C12H18N2O2/c1-3-12(2,16)8-14-10-6-4-9(5-7-10)11(13)15/h4-7,14,16H,3,8H2,1-2H3,(H2,13,15). The molecule has 0 spiro atoms. The van der Waals surface area contributed by atoms with Crippen LogP contribution < -0.4 is 11.1 Å². The van der Waals surface area contributed by atoms with Gasteiger partial charge in [-0.05, 0) is 37.6 Å².